The number of amides is 1. The monoisotopic (exact) mass is 381 g/mol. The molecule has 1 N–H and O–H groups in total. The van der Waals surface area contributed by atoms with Gasteiger partial charge >= 0.3 is 0 Å². The first-order chi connectivity index (χ1) is 14.3. The molecule has 0 unspecified atom stereocenters. The van der Waals surface area contributed by atoms with Gasteiger partial charge in [0.25, 0.3) is 5.91 Å². The number of para-hydroxylation sites is 1. The second kappa shape index (κ2) is 7.24. The maximum atomic E-state index is 13.1. The van der Waals surface area contributed by atoms with Crippen molar-refractivity contribution in [2.24, 2.45) is 0 Å². The number of carbonyl (C=O) groups is 1. The highest BCUT2D eigenvalue weighted by Crippen LogP contribution is 2.21. The molecule has 0 aliphatic heterocycles. The number of carbonyl (C=O) groups excluding carboxylic acids is 1. The fraction of sp³-hybridized carbons (Fsp3) is 0.0870. The fourth-order valence-corrected chi connectivity index (χ4v) is 3.60. The van der Waals surface area contributed by atoms with Gasteiger partial charge in [-0.3, -0.25) is 9.20 Å². The van der Waals surface area contributed by atoms with Crippen molar-refractivity contribution in [3.63, 3.8) is 0 Å². The summed E-state index contributed by atoms with van der Waals surface area (Å²) >= 11 is 0. The average molecular weight is 381 g/mol. The van der Waals surface area contributed by atoms with Crippen LogP contribution in [-0.4, -0.2) is 25.1 Å². The predicted molar refractivity (Wildman–Crippen MR) is 112 cm³/mol. The number of rotatable bonds is 5. The van der Waals surface area contributed by atoms with E-state index in [9.17, 15) is 4.79 Å². The van der Waals surface area contributed by atoms with E-state index >= 15 is 0 Å². The molecule has 0 saturated heterocycles. The average Bonchev–Trinajstić information content (AvgIpc) is 3.35. The first-order valence-electron chi connectivity index (χ1n) is 9.48. The summed E-state index contributed by atoms with van der Waals surface area (Å²) in [5.41, 5.74) is 3.57. The molecule has 0 saturated carbocycles. The summed E-state index contributed by atoms with van der Waals surface area (Å²) in [6.45, 7) is 0.932. The molecular weight excluding hydrogens is 362 g/mol. The molecule has 5 aromatic rings. The smallest absolute Gasteiger partial charge is 0.268 e. The van der Waals surface area contributed by atoms with Crippen LogP contribution in [0.25, 0.3) is 16.6 Å². The highest BCUT2D eigenvalue weighted by molar-refractivity contribution is 5.98. The summed E-state index contributed by atoms with van der Waals surface area (Å²) in [5.74, 6) is 0.560. The van der Waals surface area contributed by atoms with Gasteiger partial charge in [-0.15, -0.1) is 10.2 Å². The van der Waals surface area contributed by atoms with E-state index in [1.54, 1.807) is 0 Å². The van der Waals surface area contributed by atoms with Crippen molar-refractivity contribution in [2.45, 2.75) is 13.1 Å². The standard InChI is InChI=1S/C23H19N5O/c29-23(24-15-22-26-25-21-12-6-7-13-27(21)22)20-14-18-10-4-5-11-19(18)28(20)16-17-8-2-1-3-9-17/h1-14H,15-16H2,(H,24,29). The minimum absolute atomic E-state index is 0.134. The zero-order valence-electron chi connectivity index (χ0n) is 15.7. The number of aromatic nitrogens is 4. The normalized spacial score (nSPS) is 11.2. The first-order valence-corrected chi connectivity index (χ1v) is 9.48. The number of hydrogen-bond donors (Lipinski definition) is 1. The SMILES string of the molecule is O=C(NCc1nnc2ccccn12)c1cc2ccccc2n1Cc1ccccc1. The zero-order chi connectivity index (χ0) is 19.6. The largest absolute Gasteiger partial charge is 0.343 e. The molecule has 0 bridgehead atoms. The maximum absolute atomic E-state index is 13.1. The summed E-state index contributed by atoms with van der Waals surface area (Å²) < 4.78 is 3.93. The number of fused-ring (bicyclic) bond motifs is 2. The van der Waals surface area contributed by atoms with Crippen molar-refractivity contribution >= 4 is 22.5 Å². The molecule has 3 aromatic heterocycles. The van der Waals surface area contributed by atoms with Crippen molar-refractivity contribution in [2.75, 3.05) is 0 Å². The molecule has 1 amide bonds. The van der Waals surface area contributed by atoms with Crippen molar-refractivity contribution < 1.29 is 4.79 Å². The molecule has 5 rings (SSSR count). The lowest BCUT2D eigenvalue weighted by Crippen LogP contribution is -2.26. The minimum atomic E-state index is -0.134. The van der Waals surface area contributed by atoms with Crippen LogP contribution in [0.3, 0.4) is 0 Å². The fourth-order valence-electron chi connectivity index (χ4n) is 3.60. The van der Waals surface area contributed by atoms with Crippen molar-refractivity contribution in [1.29, 1.82) is 0 Å². The molecule has 6 nitrogen and oxygen atoms in total. The molecule has 0 fully saturated rings. The van der Waals surface area contributed by atoms with Gasteiger partial charge in [0.1, 0.15) is 5.69 Å². The maximum Gasteiger partial charge on any atom is 0.268 e. The second-order valence-corrected chi connectivity index (χ2v) is 6.89. The summed E-state index contributed by atoms with van der Waals surface area (Å²) in [6, 6.07) is 25.9. The van der Waals surface area contributed by atoms with Crippen molar-refractivity contribution in [3.8, 4) is 0 Å². The third kappa shape index (κ3) is 3.25. The summed E-state index contributed by atoms with van der Waals surface area (Å²) in [6.07, 6.45) is 1.89. The Morgan fingerprint density at radius 3 is 2.59 bits per heavy atom. The Kier molecular flexibility index (Phi) is 4.29. The van der Waals surface area contributed by atoms with Crippen LogP contribution in [-0.2, 0) is 13.1 Å². The van der Waals surface area contributed by atoms with Gasteiger partial charge in [-0.05, 0) is 29.8 Å². The van der Waals surface area contributed by atoms with Crippen LogP contribution in [0.2, 0.25) is 0 Å². The van der Waals surface area contributed by atoms with Gasteiger partial charge in [0.05, 0.1) is 6.54 Å². The topological polar surface area (TPSA) is 64.2 Å². The van der Waals surface area contributed by atoms with E-state index in [-0.39, 0.29) is 5.91 Å². The first kappa shape index (κ1) is 17.2. The molecule has 29 heavy (non-hydrogen) atoms. The number of hydrogen-bond acceptors (Lipinski definition) is 3. The Labute approximate surface area is 167 Å². The number of pyridine rings is 1. The van der Waals surface area contributed by atoms with Crippen LogP contribution in [0.5, 0.6) is 0 Å². The van der Waals surface area contributed by atoms with Gasteiger partial charge in [-0.1, -0.05) is 54.6 Å². The lowest BCUT2D eigenvalue weighted by atomic mass is 10.2. The van der Waals surface area contributed by atoms with E-state index in [2.05, 4.69) is 32.2 Å². The summed E-state index contributed by atoms with van der Waals surface area (Å²) in [5, 5.41) is 12.4. The molecule has 0 aliphatic carbocycles. The van der Waals surface area contributed by atoms with Crippen LogP contribution in [0, 0.1) is 0 Å². The van der Waals surface area contributed by atoms with Crippen LogP contribution < -0.4 is 5.32 Å². The molecule has 0 aliphatic rings. The van der Waals surface area contributed by atoms with Crippen LogP contribution in [0.1, 0.15) is 21.9 Å². The van der Waals surface area contributed by atoms with E-state index in [4.69, 9.17) is 0 Å². The van der Waals surface area contributed by atoms with Crippen molar-refractivity contribution in [3.05, 3.63) is 102 Å². The number of nitrogens with zero attached hydrogens (tertiary/aromatic N) is 4. The van der Waals surface area contributed by atoms with Gasteiger partial charge in [0.15, 0.2) is 11.5 Å². The molecule has 6 heteroatoms. The summed E-state index contributed by atoms with van der Waals surface area (Å²) in [4.78, 5) is 13.1. The van der Waals surface area contributed by atoms with Crippen LogP contribution in [0.4, 0.5) is 0 Å². The molecule has 0 atom stereocenters. The van der Waals surface area contributed by atoms with Crippen LogP contribution in [0.15, 0.2) is 85.1 Å². The zero-order valence-corrected chi connectivity index (χ0v) is 15.7. The third-order valence-corrected chi connectivity index (χ3v) is 5.02. The van der Waals surface area contributed by atoms with Crippen molar-refractivity contribution in [1.82, 2.24) is 24.5 Å². The van der Waals surface area contributed by atoms with E-state index in [0.717, 1.165) is 22.1 Å². The number of nitrogens with one attached hydrogen (secondary N) is 1. The van der Waals surface area contributed by atoms with Gasteiger partial charge < -0.3 is 9.88 Å². The quantitative estimate of drug-likeness (QED) is 0.505. The second-order valence-electron chi connectivity index (χ2n) is 6.89. The lowest BCUT2D eigenvalue weighted by molar-refractivity contribution is 0.0941. The molecule has 2 aromatic carbocycles. The third-order valence-electron chi connectivity index (χ3n) is 5.02. The van der Waals surface area contributed by atoms with E-state index in [1.165, 1.54) is 0 Å². The Morgan fingerprint density at radius 2 is 1.69 bits per heavy atom. The Balaban J connectivity index is 1.45. The molecular formula is C23H19N5O. The van der Waals surface area contributed by atoms with Gasteiger partial charge in [-0.2, -0.15) is 0 Å². The molecule has 3 heterocycles. The lowest BCUT2D eigenvalue weighted by Gasteiger charge is -2.11. The van der Waals surface area contributed by atoms with Gasteiger partial charge in [0, 0.05) is 23.6 Å². The predicted octanol–water partition coefficient (Wildman–Crippen LogP) is 3.66. The van der Waals surface area contributed by atoms with E-state index < -0.39 is 0 Å². The van der Waals surface area contributed by atoms with E-state index in [1.807, 2.05) is 77.3 Å². The Morgan fingerprint density at radius 1 is 0.897 bits per heavy atom. The van der Waals surface area contributed by atoms with Gasteiger partial charge in [0.2, 0.25) is 0 Å². The van der Waals surface area contributed by atoms with E-state index in [0.29, 0.717) is 24.6 Å². The minimum Gasteiger partial charge on any atom is -0.343 e. The highest BCUT2D eigenvalue weighted by atomic mass is 16.1. The molecule has 0 radical (unpaired) electrons. The Bertz CT molecular complexity index is 1300. The van der Waals surface area contributed by atoms with Gasteiger partial charge in [-0.25, -0.2) is 0 Å². The molecule has 142 valence electrons. The summed E-state index contributed by atoms with van der Waals surface area (Å²) in [7, 11) is 0. The van der Waals surface area contributed by atoms with Crippen LogP contribution >= 0.6 is 0 Å². The highest BCUT2D eigenvalue weighted by Gasteiger charge is 2.16. The number of benzene rings is 2. The Hall–Kier alpha value is -3.93. The molecule has 0 spiro atoms.